The smallest absolute Gasteiger partial charge is 0.338 e. The van der Waals surface area contributed by atoms with Crippen LogP contribution in [0.5, 0.6) is 0 Å². The summed E-state index contributed by atoms with van der Waals surface area (Å²) in [6.07, 6.45) is 0.399. The molecule has 0 unspecified atom stereocenters. The second-order valence-electron chi connectivity index (χ2n) is 5.90. The molecule has 0 bridgehead atoms. The Morgan fingerprint density at radius 2 is 1.27 bits per heavy atom. The van der Waals surface area contributed by atoms with Gasteiger partial charge < -0.3 is 9.47 Å². The maximum atomic E-state index is 12.2. The molecule has 0 radical (unpaired) electrons. The van der Waals surface area contributed by atoms with Gasteiger partial charge in [-0.15, -0.1) is 0 Å². The molecule has 0 saturated carbocycles. The Kier molecular flexibility index (Phi) is 7.85. The molecular formula is C20H20Br2O4. The molecule has 2 atom stereocenters. The first-order chi connectivity index (χ1) is 12.4. The van der Waals surface area contributed by atoms with Gasteiger partial charge in [-0.1, -0.05) is 38.8 Å². The fourth-order valence-corrected chi connectivity index (χ4v) is 2.89. The number of carbonyl (C=O) groups is 2. The van der Waals surface area contributed by atoms with E-state index in [0.717, 1.165) is 8.95 Å². The van der Waals surface area contributed by atoms with Gasteiger partial charge in [0.25, 0.3) is 0 Å². The van der Waals surface area contributed by atoms with Crippen molar-refractivity contribution in [3.05, 3.63) is 68.6 Å². The van der Waals surface area contributed by atoms with Gasteiger partial charge >= 0.3 is 11.9 Å². The quantitative estimate of drug-likeness (QED) is 0.468. The van der Waals surface area contributed by atoms with Gasteiger partial charge in [-0.05, 0) is 61.9 Å². The molecule has 2 aromatic rings. The summed E-state index contributed by atoms with van der Waals surface area (Å²) in [5.41, 5.74) is 0.978. The summed E-state index contributed by atoms with van der Waals surface area (Å²) < 4.78 is 12.8. The Balaban J connectivity index is 1.89. The second-order valence-corrected chi connectivity index (χ2v) is 7.73. The van der Waals surface area contributed by atoms with Crippen LogP contribution in [0.3, 0.4) is 0 Å². The minimum atomic E-state index is -0.390. The van der Waals surface area contributed by atoms with Gasteiger partial charge in [-0.2, -0.15) is 0 Å². The number of hydrogen-bond donors (Lipinski definition) is 0. The summed E-state index contributed by atoms with van der Waals surface area (Å²) >= 11 is 6.66. The van der Waals surface area contributed by atoms with E-state index in [1.807, 2.05) is 6.92 Å². The Morgan fingerprint density at radius 1 is 0.846 bits per heavy atom. The Hall–Kier alpha value is -1.66. The van der Waals surface area contributed by atoms with E-state index in [0.29, 0.717) is 24.0 Å². The molecule has 0 aromatic heterocycles. The van der Waals surface area contributed by atoms with E-state index < -0.39 is 0 Å². The second kappa shape index (κ2) is 9.88. The molecule has 138 valence electrons. The molecule has 2 aromatic carbocycles. The predicted octanol–water partition coefficient (Wildman–Crippen LogP) is 5.78. The minimum Gasteiger partial charge on any atom is -0.459 e. The molecule has 0 spiro atoms. The molecule has 0 aliphatic heterocycles. The largest absolute Gasteiger partial charge is 0.459 e. The van der Waals surface area contributed by atoms with Crippen LogP contribution < -0.4 is 0 Å². The standard InChI is InChI=1S/C20H20Br2O4/c1-3-18(26-20(24)15-6-10-17(22)11-7-15)12-13(2)25-19(23)14-4-8-16(21)9-5-14/h4-11,13,18H,3,12H2,1-2H3/t13-,18-/m1/s1. The third kappa shape index (κ3) is 6.25. The molecule has 0 N–H and O–H groups in total. The van der Waals surface area contributed by atoms with Crippen LogP contribution >= 0.6 is 31.9 Å². The third-order valence-electron chi connectivity index (χ3n) is 3.79. The van der Waals surface area contributed by atoms with E-state index in [2.05, 4.69) is 31.9 Å². The van der Waals surface area contributed by atoms with Gasteiger partial charge in [-0.3, -0.25) is 0 Å². The number of rotatable bonds is 7. The molecular weight excluding hydrogens is 464 g/mol. The summed E-state index contributed by atoms with van der Waals surface area (Å²) in [7, 11) is 0. The van der Waals surface area contributed by atoms with E-state index in [1.54, 1.807) is 55.5 Å². The van der Waals surface area contributed by atoms with Crippen molar-refractivity contribution in [1.29, 1.82) is 0 Å². The summed E-state index contributed by atoms with van der Waals surface area (Å²) in [6.45, 7) is 3.73. The monoisotopic (exact) mass is 482 g/mol. The number of carbonyl (C=O) groups excluding carboxylic acids is 2. The minimum absolute atomic E-state index is 0.320. The predicted molar refractivity (Wildman–Crippen MR) is 107 cm³/mol. The Bertz CT molecular complexity index is 741. The van der Waals surface area contributed by atoms with Crippen molar-refractivity contribution < 1.29 is 19.1 Å². The first-order valence-corrected chi connectivity index (χ1v) is 9.90. The van der Waals surface area contributed by atoms with Crippen LogP contribution in [-0.2, 0) is 9.47 Å². The molecule has 0 saturated heterocycles. The zero-order valence-corrected chi connectivity index (χ0v) is 17.7. The highest BCUT2D eigenvalue weighted by atomic mass is 79.9. The summed E-state index contributed by atoms with van der Waals surface area (Å²) in [4.78, 5) is 24.4. The van der Waals surface area contributed by atoms with E-state index in [9.17, 15) is 9.59 Å². The Labute approximate surface area is 170 Å². The van der Waals surface area contributed by atoms with Crippen LogP contribution in [-0.4, -0.2) is 24.1 Å². The highest BCUT2D eigenvalue weighted by Crippen LogP contribution is 2.17. The summed E-state index contributed by atoms with van der Waals surface area (Å²) in [6, 6.07) is 14.0. The van der Waals surface area contributed by atoms with Gasteiger partial charge in [0.2, 0.25) is 0 Å². The van der Waals surface area contributed by atoms with Crippen molar-refractivity contribution >= 4 is 43.8 Å². The maximum Gasteiger partial charge on any atom is 0.338 e. The molecule has 0 aliphatic carbocycles. The van der Waals surface area contributed by atoms with Gasteiger partial charge in [-0.25, -0.2) is 9.59 Å². The molecule has 6 heteroatoms. The lowest BCUT2D eigenvalue weighted by Crippen LogP contribution is -2.25. The zero-order chi connectivity index (χ0) is 19.1. The van der Waals surface area contributed by atoms with Crippen LogP contribution in [0.25, 0.3) is 0 Å². The van der Waals surface area contributed by atoms with E-state index in [4.69, 9.17) is 9.47 Å². The van der Waals surface area contributed by atoms with Crippen molar-refractivity contribution in [2.24, 2.45) is 0 Å². The number of benzene rings is 2. The van der Waals surface area contributed by atoms with Crippen molar-refractivity contribution in [3.8, 4) is 0 Å². The van der Waals surface area contributed by atoms with Crippen molar-refractivity contribution in [1.82, 2.24) is 0 Å². The highest BCUT2D eigenvalue weighted by Gasteiger charge is 2.20. The number of hydrogen-bond acceptors (Lipinski definition) is 4. The fraction of sp³-hybridized carbons (Fsp3) is 0.300. The van der Waals surface area contributed by atoms with Crippen molar-refractivity contribution in [2.45, 2.75) is 38.9 Å². The Morgan fingerprint density at radius 3 is 1.69 bits per heavy atom. The SMILES string of the molecule is CC[C@H](C[C@@H](C)OC(=O)c1ccc(Br)cc1)OC(=O)c1ccc(Br)cc1. The molecule has 0 amide bonds. The number of halogens is 2. The fourth-order valence-electron chi connectivity index (χ4n) is 2.36. The number of ether oxygens (including phenoxy) is 2. The van der Waals surface area contributed by atoms with Gasteiger partial charge in [0.05, 0.1) is 11.1 Å². The molecule has 2 rings (SSSR count). The lowest BCUT2D eigenvalue weighted by atomic mass is 10.1. The lowest BCUT2D eigenvalue weighted by molar-refractivity contribution is 0.00281. The van der Waals surface area contributed by atoms with Crippen LogP contribution in [0.15, 0.2) is 57.5 Å². The normalized spacial score (nSPS) is 12.9. The van der Waals surface area contributed by atoms with E-state index >= 15 is 0 Å². The van der Waals surface area contributed by atoms with Crippen molar-refractivity contribution in [2.75, 3.05) is 0 Å². The van der Waals surface area contributed by atoms with Crippen LogP contribution in [0.4, 0.5) is 0 Å². The van der Waals surface area contributed by atoms with E-state index in [1.165, 1.54) is 0 Å². The molecule has 0 heterocycles. The molecule has 26 heavy (non-hydrogen) atoms. The van der Waals surface area contributed by atoms with E-state index in [-0.39, 0.29) is 24.1 Å². The van der Waals surface area contributed by atoms with Crippen LogP contribution in [0.2, 0.25) is 0 Å². The zero-order valence-electron chi connectivity index (χ0n) is 14.6. The van der Waals surface area contributed by atoms with Gasteiger partial charge in [0.1, 0.15) is 12.2 Å². The van der Waals surface area contributed by atoms with Crippen LogP contribution in [0.1, 0.15) is 47.4 Å². The first kappa shape index (κ1) is 20.6. The van der Waals surface area contributed by atoms with Crippen LogP contribution in [0, 0.1) is 0 Å². The summed E-state index contributed by atoms with van der Waals surface area (Å²) in [5.74, 6) is -0.769. The van der Waals surface area contributed by atoms with Gasteiger partial charge in [0, 0.05) is 15.4 Å². The topological polar surface area (TPSA) is 52.6 Å². The average Bonchev–Trinajstić information content (AvgIpc) is 2.62. The molecule has 0 aliphatic rings. The average molecular weight is 484 g/mol. The maximum absolute atomic E-state index is 12.2. The first-order valence-electron chi connectivity index (χ1n) is 8.32. The van der Waals surface area contributed by atoms with Crippen molar-refractivity contribution in [3.63, 3.8) is 0 Å². The highest BCUT2D eigenvalue weighted by molar-refractivity contribution is 9.10. The third-order valence-corrected chi connectivity index (χ3v) is 4.85. The molecule has 0 fully saturated rings. The lowest BCUT2D eigenvalue weighted by Gasteiger charge is -2.20. The van der Waals surface area contributed by atoms with Gasteiger partial charge in [0.15, 0.2) is 0 Å². The number of esters is 2. The summed E-state index contributed by atoms with van der Waals surface area (Å²) in [5, 5.41) is 0. The molecule has 4 nitrogen and oxygen atoms in total.